The normalized spacial score (nSPS) is 10.3. The van der Waals surface area contributed by atoms with E-state index in [1.165, 1.54) is 12.1 Å². The van der Waals surface area contributed by atoms with Crippen LogP contribution in [0.15, 0.2) is 30.3 Å². The van der Waals surface area contributed by atoms with Gasteiger partial charge in [-0.05, 0) is 44.2 Å². The molecule has 2 rings (SSSR count). The van der Waals surface area contributed by atoms with Gasteiger partial charge in [-0.25, -0.2) is 4.79 Å². The van der Waals surface area contributed by atoms with Crippen LogP contribution in [0.2, 0.25) is 0 Å². The van der Waals surface area contributed by atoms with Crippen molar-refractivity contribution in [3.63, 3.8) is 0 Å². The highest BCUT2D eigenvalue weighted by Crippen LogP contribution is 2.12. The minimum absolute atomic E-state index is 0.178. The van der Waals surface area contributed by atoms with Gasteiger partial charge in [0.1, 0.15) is 5.69 Å². The van der Waals surface area contributed by atoms with Gasteiger partial charge in [0.05, 0.1) is 11.3 Å². The molecular weight excluding hydrogens is 258 g/mol. The van der Waals surface area contributed by atoms with Crippen molar-refractivity contribution < 1.29 is 14.7 Å². The summed E-state index contributed by atoms with van der Waals surface area (Å²) < 4.78 is 1.62. The third-order valence-corrected chi connectivity index (χ3v) is 2.82. The molecule has 6 heteroatoms. The number of nitrogens with one attached hydrogen (secondary N) is 1. The lowest BCUT2D eigenvalue weighted by molar-refractivity contribution is 0.0696. The van der Waals surface area contributed by atoms with E-state index in [1.807, 2.05) is 13.8 Å². The SMILES string of the molecule is CCn1nc(C)cc1C(=O)Nc1ccc(C(=O)O)cc1. The molecule has 1 aromatic heterocycles. The highest BCUT2D eigenvalue weighted by molar-refractivity contribution is 6.03. The Bertz CT molecular complexity index is 644. The van der Waals surface area contributed by atoms with Crippen LogP contribution in [0, 0.1) is 6.92 Å². The van der Waals surface area contributed by atoms with Crippen molar-refractivity contribution in [3.05, 3.63) is 47.3 Å². The molecule has 0 saturated heterocycles. The fourth-order valence-electron chi connectivity index (χ4n) is 1.86. The Morgan fingerprint density at radius 3 is 2.50 bits per heavy atom. The van der Waals surface area contributed by atoms with Gasteiger partial charge >= 0.3 is 5.97 Å². The minimum Gasteiger partial charge on any atom is -0.478 e. The molecular formula is C14H15N3O3. The molecule has 0 unspecified atom stereocenters. The summed E-state index contributed by atoms with van der Waals surface area (Å²) in [5.41, 5.74) is 1.98. The number of aryl methyl sites for hydroxylation is 2. The van der Waals surface area contributed by atoms with E-state index in [-0.39, 0.29) is 11.5 Å². The van der Waals surface area contributed by atoms with E-state index < -0.39 is 5.97 Å². The molecule has 1 heterocycles. The van der Waals surface area contributed by atoms with E-state index in [9.17, 15) is 9.59 Å². The van der Waals surface area contributed by atoms with E-state index in [4.69, 9.17) is 5.11 Å². The first-order chi connectivity index (χ1) is 9.51. The number of carboxylic acid groups (broad SMARTS) is 1. The molecule has 0 aliphatic rings. The molecule has 104 valence electrons. The second-order valence-electron chi connectivity index (χ2n) is 4.32. The maximum Gasteiger partial charge on any atom is 0.335 e. The number of aromatic carboxylic acids is 1. The van der Waals surface area contributed by atoms with Gasteiger partial charge in [-0.15, -0.1) is 0 Å². The monoisotopic (exact) mass is 273 g/mol. The van der Waals surface area contributed by atoms with E-state index in [2.05, 4.69) is 10.4 Å². The largest absolute Gasteiger partial charge is 0.478 e. The number of benzene rings is 1. The number of hydrogen-bond donors (Lipinski definition) is 2. The summed E-state index contributed by atoms with van der Waals surface area (Å²) in [6.07, 6.45) is 0. The van der Waals surface area contributed by atoms with Gasteiger partial charge in [-0.3, -0.25) is 9.48 Å². The number of carbonyl (C=O) groups is 2. The summed E-state index contributed by atoms with van der Waals surface area (Å²) in [4.78, 5) is 22.9. The van der Waals surface area contributed by atoms with E-state index in [0.29, 0.717) is 17.9 Å². The number of rotatable bonds is 4. The van der Waals surface area contributed by atoms with E-state index in [1.54, 1.807) is 22.9 Å². The van der Waals surface area contributed by atoms with Gasteiger partial charge in [0.2, 0.25) is 0 Å². The van der Waals surface area contributed by atoms with Crippen LogP contribution in [-0.4, -0.2) is 26.8 Å². The third kappa shape index (κ3) is 2.85. The minimum atomic E-state index is -0.998. The average molecular weight is 273 g/mol. The molecule has 1 aromatic carbocycles. The van der Waals surface area contributed by atoms with Crippen molar-refractivity contribution in [2.24, 2.45) is 0 Å². The van der Waals surface area contributed by atoms with Gasteiger partial charge in [-0.2, -0.15) is 5.10 Å². The molecule has 0 radical (unpaired) electrons. The number of hydrogen-bond acceptors (Lipinski definition) is 3. The highest BCUT2D eigenvalue weighted by atomic mass is 16.4. The molecule has 0 saturated carbocycles. The van der Waals surface area contributed by atoms with Crippen molar-refractivity contribution in [3.8, 4) is 0 Å². The molecule has 2 N–H and O–H groups in total. The zero-order valence-electron chi connectivity index (χ0n) is 11.3. The second kappa shape index (κ2) is 5.56. The van der Waals surface area contributed by atoms with Gasteiger partial charge in [0, 0.05) is 12.2 Å². The predicted octanol–water partition coefficient (Wildman–Crippen LogP) is 2.16. The van der Waals surface area contributed by atoms with Gasteiger partial charge in [-0.1, -0.05) is 0 Å². The number of aromatic nitrogens is 2. The molecule has 0 aliphatic carbocycles. The average Bonchev–Trinajstić information content (AvgIpc) is 2.80. The Morgan fingerprint density at radius 1 is 1.30 bits per heavy atom. The maximum atomic E-state index is 12.1. The second-order valence-corrected chi connectivity index (χ2v) is 4.32. The standard InChI is InChI=1S/C14H15N3O3/c1-3-17-12(8-9(2)16-17)13(18)15-11-6-4-10(5-7-11)14(19)20/h4-8H,3H2,1-2H3,(H,15,18)(H,19,20). The van der Waals surface area contributed by atoms with Crippen molar-refractivity contribution >= 4 is 17.6 Å². The summed E-state index contributed by atoms with van der Waals surface area (Å²) in [7, 11) is 0. The van der Waals surface area contributed by atoms with E-state index >= 15 is 0 Å². The van der Waals surface area contributed by atoms with Crippen LogP contribution >= 0.6 is 0 Å². The smallest absolute Gasteiger partial charge is 0.335 e. The number of amides is 1. The Morgan fingerprint density at radius 2 is 1.95 bits per heavy atom. The van der Waals surface area contributed by atoms with Gasteiger partial charge in [0.15, 0.2) is 0 Å². The lowest BCUT2D eigenvalue weighted by Gasteiger charge is -2.06. The van der Waals surface area contributed by atoms with Crippen LogP contribution in [0.1, 0.15) is 33.5 Å². The molecule has 6 nitrogen and oxygen atoms in total. The Balaban J connectivity index is 2.16. The fourth-order valence-corrected chi connectivity index (χ4v) is 1.86. The zero-order valence-corrected chi connectivity index (χ0v) is 11.3. The first-order valence-electron chi connectivity index (χ1n) is 6.20. The Kier molecular flexibility index (Phi) is 3.84. The maximum absolute atomic E-state index is 12.1. The molecule has 0 atom stereocenters. The summed E-state index contributed by atoms with van der Waals surface area (Å²) in [6, 6.07) is 7.72. The van der Waals surface area contributed by atoms with Crippen molar-refractivity contribution in [2.45, 2.75) is 20.4 Å². The van der Waals surface area contributed by atoms with Crippen LogP contribution in [0.4, 0.5) is 5.69 Å². The van der Waals surface area contributed by atoms with Crippen LogP contribution in [0.25, 0.3) is 0 Å². The van der Waals surface area contributed by atoms with Crippen molar-refractivity contribution in [1.82, 2.24) is 9.78 Å². The molecule has 2 aromatic rings. The quantitative estimate of drug-likeness (QED) is 0.894. The Hall–Kier alpha value is -2.63. The lowest BCUT2D eigenvalue weighted by Crippen LogP contribution is -2.17. The molecule has 0 bridgehead atoms. The van der Waals surface area contributed by atoms with Crippen LogP contribution < -0.4 is 5.32 Å². The topological polar surface area (TPSA) is 84.2 Å². The number of nitrogens with zero attached hydrogens (tertiary/aromatic N) is 2. The zero-order chi connectivity index (χ0) is 14.7. The molecule has 0 fully saturated rings. The molecule has 0 spiro atoms. The number of carbonyl (C=O) groups excluding carboxylic acids is 1. The van der Waals surface area contributed by atoms with Crippen molar-refractivity contribution in [2.75, 3.05) is 5.32 Å². The number of anilines is 1. The molecule has 1 amide bonds. The summed E-state index contributed by atoms with van der Waals surface area (Å²) in [6.45, 7) is 4.34. The highest BCUT2D eigenvalue weighted by Gasteiger charge is 2.13. The third-order valence-electron chi connectivity index (χ3n) is 2.82. The van der Waals surface area contributed by atoms with Gasteiger partial charge < -0.3 is 10.4 Å². The summed E-state index contributed by atoms with van der Waals surface area (Å²) in [5.74, 6) is -1.27. The summed E-state index contributed by atoms with van der Waals surface area (Å²) >= 11 is 0. The predicted molar refractivity (Wildman–Crippen MR) is 74.0 cm³/mol. The first-order valence-corrected chi connectivity index (χ1v) is 6.20. The van der Waals surface area contributed by atoms with Crippen LogP contribution in [0.5, 0.6) is 0 Å². The molecule has 20 heavy (non-hydrogen) atoms. The van der Waals surface area contributed by atoms with Crippen molar-refractivity contribution in [1.29, 1.82) is 0 Å². The first kappa shape index (κ1) is 13.8. The number of carboxylic acids is 1. The fraction of sp³-hybridized carbons (Fsp3) is 0.214. The molecule has 0 aliphatic heterocycles. The van der Waals surface area contributed by atoms with Crippen LogP contribution in [0.3, 0.4) is 0 Å². The summed E-state index contributed by atoms with van der Waals surface area (Å²) in [5, 5.41) is 15.7. The van der Waals surface area contributed by atoms with Gasteiger partial charge in [0.25, 0.3) is 5.91 Å². The van der Waals surface area contributed by atoms with Crippen LogP contribution in [-0.2, 0) is 6.54 Å². The van der Waals surface area contributed by atoms with E-state index in [0.717, 1.165) is 5.69 Å². The Labute approximate surface area is 116 Å². The lowest BCUT2D eigenvalue weighted by atomic mass is 10.2.